The number of rotatable bonds is 6. The molecule has 7 heteroatoms. The van der Waals surface area contributed by atoms with Gasteiger partial charge in [-0.05, 0) is 37.8 Å². The largest absolute Gasteiger partial charge is 0.337 e. The van der Waals surface area contributed by atoms with E-state index in [-0.39, 0.29) is 11.7 Å². The Bertz CT molecular complexity index is 861. The molecule has 0 bridgehead atoms. The van der Waals surface area contributed by atoms with Gasteiger partial charge in [0.05, 0.1) is 11.8 Å². The molecule has 0 atom stereocenters. The van der Waals surface area contributed by atoms with Gasteiger partial charge in [0, 0.05) is 11.6 Å². The van der Waals surface area contributed by atoms with Crippen LogP contribution in [0.25, 0.3) is 5.69 Å². The molecule has 2 fully saturated rings. The van der Waals surface area contributed by atoms with E-state index in [1.807, 2.05) is 30.3 Å². The lowest BCUT2D eigenvalue weighted by Crippen LogP contribution is -2.47. The van der Waals surface area contributed by atoms with Crippen molar-refractivity contribution in [2.45, 2.75) is 68.0 Å². The molecule has 146 valence electrons. The summed E-state index contributed by atoms with van der Waals surface area (Å²) >= 11 is 1.39. The van der Waals surface area contributed by atoms with E-state index in [4.69, 9.17) is 0 Å². The lowest BCUT2D eigenvalue weighted by atomic mass is 9.92. The fourth-order valence-corrected chi connectivity index (χ4v) is 4.59. The maximum atomic E-state index is 12.6. The molecule has 4 rings (SSSR count). The highest BCUT2D eigenvalue weighted by atomic mass is 32.2. The normalized spacial score (nSPS) is 18.8. The lowest BCUT2D eigenvalue weighted by molar-refractivity contribution is -0.120. The van der Waals surface area contributed by atoms with Crippen molar-refractivity contribution in [3.63, 3.8) is 0 Å². The first-order valence-corrected chi connectivity index (χ1v) is 11.1. The van der Waals surface area contributed by atoms with Crippen LogP contribution in [0.1, 0.15) is 63.1 Å². The highest BCUT2D eigenvalue weighted by Gasteiger charge is 2.33. The van der Waals surface area contributed by atoms with E-state index in [0.29, 0.717) is 5.92 Å². The van der Waals surface area contributed by atoms with E-state index < -0.39 is 5.54 Å². The number of thioether (sulfide) groups is 1. The van der Waals surface area contributed by atoms with Gasteiger partial charge in [-0.25, -0.2) is 0 Å². The summed E-state index contributed by atoms with van der Waals surface area (Å²) in [4.78, 5) is 12.6. The molecular weight excluding hydrogens is 370 g/mol. The summed E-state index contributed by atoms with van der Waals surface area (Å²) in [6.07, 6.45) is 8.03. The summed E-state index contributed by atoms with van der Waals surface area (Å²) in [5.74, 6) is 1.57. The number of nitrogens with one attached hydrogen (secondary N) is 1. The van der Waals surface area contributed by atoms with Gasteiger partial charge >= 0.3 is 0 Å². The zero-order valence-electron chi connectivity index (χ0n) is 15.9. The van der Waals surface area contributed by atoms with Crippen molar-refractivity contribution in [2.24, 2.45) is 0 Å². The van der Waals surface area contributed by atoms with Gasteiger partial charge in [-0.1, -0.05) is 55.6 Å². The third-order valence-electron chi connectivity index (χ3n) is 5.50. The molecule has 28 heavy (non-hydrogen) atoms. The molecule has 2 aliphatic carbocycles. The number of hydrogen-bond acceptors (Lipinski definition) is 5. The summed E-state index contributed by atoms with van der Waals surface area (Å²) in [6, 6.07) is 12.4. The van der Waals surface area contributed by atoms with Crippen LogP contribution in [0.4, 0.5) is 0 Å². The molecule has 1 N–H and O–H groups in total. The van der Waals surface area contributed by atoms with Gasteiger partial charge in [-0.3, -0.25) is 9.36 Å². The highest BCUT2D eigenvalue weighted by molar-refractivity contribution is 7.99. The Balaban J connectivity index is 1.46. The zero-order chi connectivity index (χ0) is 19.4. The average Bonchev–Trinajstić information content (AvgIpc) is 3.52. The molecular formula is C21H25N5OS. The molecule has 0 radical (unpaired) electrons. The molecule has 2 saturated carbocycles. The molecule has 1 heterocycles. The minimum absolute atomic E-state index is 0.107. The zero-order valence-corrected chi connectivity index (χ0v) is 16.7. The molecule has 1 amide bonds. The Morgan fingerprint density at radius 2 is 1.89 bits per heavy atom. The van der Waals surface area contributed by atoms with Crippen molar-refractivity contribution in [2.75, 3.05) is 5.75 Å². The summed E-state index contributed by atoms with van der Waals surface area (Å²) in [5.41, 5.74) is 0.315. The first kappa shape index (κ1) is 19.0. The second-order valence-electron chi connectivity index (χ2n) is 7.73. The van der Waals surface area contributed by atoms with Crippen LogP contribution < -0.4 is 5.32 Å². The standard InChI is InChI=1S/C21H25N5OS/c22-15-21(12-6-1-2-7-13-21)23-18(27)14-28-20-25-24-19(16-10-11-16)26(20)17-8-4-3-5-9-17/h3-5,8-9,16H,1-2,6-7,10-14H2,(H,23,27). The number of nitrogens with zero attached hydrogens (tertiary/aromatic N) is 4. The maximum Gasteiger partial charge on any atom is 0.231 e. The Hall–Kier alpha value is -2.33. The van der Waals surface area contributed by atoms with E-state index in [2.05, 4.69) is 26.2 Å². The SMILES string of the molecule is N#CC1(NC(=O)CSc2nnc(C3CC3)n2-c2ccccc2)CCCCCC1. The monoisotopic (exact) mass is 395 g/mol. The fraction of sp³-hybridized carbons (Fsp3) is 0.524. The lowest BCUT2D eigenvalue weighted by Gasteiger charge is -2.26. The molecule has 2 aromatic rings. The summed E-state index contributed by atoms with van der Waals surface area (Å²) in [6.45, 7) is 0. The molecule has 1 aromatic carbocycles. The number of carbonyl (C=O) groups excluding carboxylic acids is 1. The smallest absolute Gasteiger partial charge is 0.231 e. The van der Waals surface area contributed by atoms with Crippen LogP contribution in [0.15, 0.2) is 35.5 Å². The molecule has 0 aliphatic heterocycles. The fourth-order valence-electron chi connectivity index (χ4n) is 3.83. The molecule has 0 saturated heterocycles. The number of amides is 1. The second kappa shape index (κ2) is 8.36. The van der Waals surface area contributed by atoms with Gasteiger partial charge in [0.2, 0.25) is 5.91 Å². The minimum atomic E-state index is -0.708. The van der Waals surface area contributed by atoms with Crippen LogP contribution in [-0.2, 0) is 4.79 Å². The highest BCUT2D eigenvalue weighted by Crippen LogP contribution is 2.41. The van der Waals surface area contributed by atoms with Crippen molar-refractivity contribution < 1.29 is 4.79 Å². The topological polar surface area (TPSA) is 83.6 Å². The van der Waals surface area contributed by atoms with Crippen molar-refractivity contribution >= 4 is 17.7 Å². The van der Waals surface area contributed by atoms with Crippen molar-refractivity contribution in [3.05, 3.63) is 36.2 Å². The number of aromatic nitrogens is 3. The van der Waals surface area contributed by atoms with Crippen molar-refractivity contribution in [1.29, 1.82) is 5.26 Å². The van der Waals surface area contributed by atoms with Crippen LogP contribution in [0.3, 0.4) is 0 Å². The average molecular weight is 396 g/mol. The maximum absolute atomic E-state index is 12.6. The van der Waals surface area contributed by atoms with Gasteiger partial charge in [0.25, 0.3) is 0 Å². The van der Waals surface area contributed by atoms with Crippen LogP contribution in [0.5, 0.6) is 0 Å². The van der Waals surface area contributed by atoms with E-state index in [1.54, 1.807) is 0 Å². The first-order valence-electron chi connectivity index (χ1n) is 10.1. The predicted octanol–water partition coefficient (Wildman–Crippen LogP) is 3.97. The Morgan fingerprint density at radius 3 is 2.54 bits per heavy atom. The Morgan fingerprint density at radius 1 is 1.18 bits per heavy atom. The van der Waals surface area contributed by atoms with Crippen molar-refractivity contribution in [3.8, 4) is 11.8 Å². The third kappa shape index (κ3) is 4.22. The molecule has 2 aliphatic rings. The predicted molar refractivity (Wildman–Crippen MR) is 108 cm³/mol. The van der Waals surface area contributed by atoms with Gasteiger partial charge in [0.1, 0.15) is 11.4 Å². The van der Waals surface area contributed by atoms with E-state index in [1.165, 1.54) is 11.8 Å². The van der Waals surface area contributed by atoms with Crippen LogP contribution in [-0.4, -0.2) is 32.0 Å². The van der Waals surface area contributed by atoms with E-state index in [0.717, 1.165) is 68.0 Å². The quantitative estimate of drug-likeness (QED) is 0.591. The number of carbonyl (C=O) groups is 1. The van der Waals surface area contributed by atoms with E-state index in [9.17, 15) is 10.1 Å². The Kier molecular flexibility index (Phi) is 5.67. The van der Waals surface area contributed by atoms with Crippen LogP contribution in [0, 0.1) is 11.3 Å². The van der Waals surface area contributed by atoms with E-state index >= 15 is 0 Å². The van der Waals surface area contributed by atoms with Gasteiger partial charge in [0.15, 0.2) is 5.16 Å². The number of hydrogen-bond donors (Lipinski definition) is 1. The molecule has 1 aromatic heterocycles. The number of nitriles is 1. The second-order valence-corrected chi connectivity index (χ2v) is 8.67. The minimum Gasteiger partial charge on any atom is -0.337 e. The third-order valence-corrected chi connectivity index (χ3v) is 6.43. The molecule has 0 unspecified atom stereocenters. The molecule has 6 nitrogen and oxygen atoms in total. The van der Waals surface area contributed by atoms with Crippen molar-refractivity contribution in [1.82, 2.24) is 20.1 Å². The number of para-hydroxylation sites is 1. The summed E-state index contributed by atoms with van der Waals surface area (Å²) < 4.78 is 2.07. The Labute approximate surface area is 169 Å². The molecule has 0 spiro atoms. The van der Waals surface area contributed by atoms with Gasteiger partial charge in [-0.15, -0.1) is 10.2 Å². The van der Waals surface area contributed by atoms with Gasteiger partial charge < -0.3 is 5.32 Å². The first-order chi connectivity index (χ1) is 13.7. The van der Waals surface area contributed by atoms with Crippen LogP contribution in [0.2, 0.25) is 0 Å². The summed E-state index contributed by atoms with van der Waals surface area (Å²) in [7, 11) is 0. The number of benzene rings is 1. The summed E-state index contributed by atoms with van der Waals surface area (Å²) in [5, 5.41) is 22.2. The van der Waals surface area contributed by atoms with Crippen LogP contribution >= 0.6 is 11.8 Å². The van der Waals surface area contributed by atoms with Gasteiger partial charge in [-0.2, -0.15) is 5.26 Å².